The van der Waals surface area contributed by atoms with Gasteiger partial charge in [0.15, 0.2) is 0 Å². The lowest BCUT2D eigenvalue weighted by Crippen LogP contribution is -2.26. The SMILES string of the molecule is CCc1cc(C(=O)O)c(=O)[nH]c1-c1ccc(N2CCC(CNCc3ccccc3)C2)cc1. The van der Waals surface area contributed by atoms with E-state index in [1.165, 1.54) is 17.3 Å². The van der Waals surface area contributed by atoms with Crippen molar-refractivity contribution in [2.45, 2.75) is 26.3 Å². The van der Waals surface area contributed by atoms with E-state index < -0.39 is 11.5 Å². The fraction of sp³-hybridized carbons (Fsp3) is 0.308. The maximum atomic E-state index is 12.2. The minimum absolute atomic E-state index is 0.216. The Hall–Kier alpha value is -3.38. The van der Waals surface area contributed by atoms with Crippen molar-refractivity contribution in [2.75, 3.05) is 24.5 Å². The first-order valence-corrected chi connectivity index (χ1v) is 11.1. The molecule has 0 saturated carbocycles. The van der Waals surface area contributed by atoms with Crippen LogP contribution in [-0.2, 0) is 13.0 Å². The number of aromatic amines is 1. The summed E-state index contributed by atoms with van der Waals surface area (Å²) >= 11 is 0. The number of anilines is 1. The van der Waals surface area contributed by atoms with Crippen molar-refractivity contribution < 1.29 is 9.90 Å². The van der Waals surface area contributed by atoms with Gasteiger partial charge in [-0.1, -0.05) is 49.4 Å². The minimum Gasteiger partial charge on any atom is -0.477 e. The van der Waals surface area contributed by atoms with Gasteiger partial charge < -0.3 is 20.3 Å². The van der Waals surface area contributed by atoms with E-state index >= 15 is 0 Å². The zero-order valence-corrected chi connectivity index (χ0v) is 18.3. The Morgan fingerprint density at radius 3 is 2.59 bits per heavy atom. The molecular weight excluding hydrogens is 402 g/mol. The second kappa shape index (κ2) is 9.83. The van der Waals surface area contributed by atoms with Crippen LogP contribution in [0.3, 0.4) is 0 Å². The highest BCUT2D eigenvalue weighted by atomic mass is 16.4. The number of rotatable bonds is 8. The van der Waals surface area contributed by atoms with Gasteiger partial charge in [-0.25, -0.2) is 4.79 Å². The normalized spacial score (nSPS) is 15.8. The number of hydrogen-bond donors (Lipinski definition) is 3. The van der Waals surface area contributed by atoms with Gasteiger partial charge in [0, 0.05) is 31.9 Å². The molecule has 3 N–H and O–H groups in total. The Bertz CT molecular complexity index is 1120. The number of hydrogen-bond acceptors (Lipinski definition) is 4. The predicted octanol–water partition coefficient (Wildman–Crippen LogP) is 3.92. The Morgan fingerprint density at radius 1 is 1.16 bits per heavy atom. The molecule has 0 amide bonds. The highest BCUT2D eigenvalue weighted by Gasteiger charge is 2.22. The van der Waals surface area contributed by atoms with Crippen LogP contribution in [0.4, 0.5) is 5.69 Å². The first kappa shape index (κ1) is 21.8. The molecule has 0 spiro atoms. The van der Waals surface area contributed by atoms with Crippen molar-refractivity contribution in [1.29, 1.82) is 0 Å². The number of carbonyl (C=O) groups is 1. The van der Waals surface area contributed by atoms with E-state index in [0.29, 0.717) is 18.0 Å². The number of aromatic carboxylic acids is 1. The van der Waals surface area contributed by atoms with E-state index in [0.717, 1.165) is 43.7 Å². The van der Waals surface area contributed by atoms with Crippen LogP contribution in [0.1, 0.15) is 34.8 Å². The van der Waals surface area contributed by atoms with Gasteiger partial charge in [0.1, 0.15) is 5.56 Å². The van der Waals surface area contributed by atoms with E-state index in [2.05, 4.69) is 51.6 Å². The fourth-order valence-electron chi connectivity index (χ4n) is 4.36. The van der Waals surface area contributed by atoms with Crippen molar-refractivity contribution in [2.24, 2.45) is 5.92 Å². The quantitative estimate of drug-likeness (QED) is 0.503. The van der Waals surface area contributed by atoms with Gasteiger partial charge in [-0.2, -0.15) is 0 Å². The molecule has 6 nitrogen and oxygen atoms in total. The maximum Gasteiger partial charge on any atom is 0.341 e. The summed E-state index contributed by atoms with van der Waals surface area (Å²) in [5.74, 6) is -0.588. The maximum absolute atomic E-state index is 12.2. The van der Waals surface area contributed by atoms with E-state index in [1.54, 1.807) is 0 Å². The van der Waals surface area contributed by atoms with E-state index in [9.17, 15) is 14.7 Å². The molecule has 2 aromatic carbocycles. The number of benzene rings is 2. The van der Waals surface area contributed by atoms with E-state index in [1.807, 2.05) is 25.1 Å². The predicted molar refractivity (Wildman–Crippen MR) is 127 cm³/mol. The van der Waals surface area contributed by atoms with Crippen LogP contribution in [-0.4, -0.2) is 35.7 Å². The molecule has 1 fully saturated rings. The van der Waals surface area contributed by atoms with Crippen LogP contribution in [0.2, 0.25) is 0 Å². The lowest BCUT2D eigenvalue weighted by molar-refractivity contribution is 0.0695. The second-order valence-corrected chi connectivity index (χ2v) is 8.34. The van der Waals surface area contributed by atoms with Gasteiger partial charge >= 0.3 is 5.97 Å². The number of nitrogens with zero attached hydrogens (tertiary/aromatic N) is 1. The number of carboxylic acid groups (broad SMARTS) is 1. The number of H-pyrrole nitrogens is 1. The summed E-state index contributed by atoms with van der Waals surface area (Å²) in [5.41, 5.74) is 4.09. The highest BCUT2D eigenvalue weighted by molar-refractivity contribution is 5.88. The van der Waals surface area contributed by atoms with Crippen molar-refractivity contribution in [3.8, 4) is 11.3 Å². The number of aryl methyl sites for hydroxylation is 1. The lowest BCUT2D eigenvalue weighted by Gasteiger charge is -2.19. The summed E-state index contributed by atoms with van der Waals surface area (Å²) in [7, 11) is 0. The Morgan fingerprint density at radius 2 is 1.91 bits per heavy atom. The van der Waals surface area contributed by atoms with Crippen molar-refractivity contribution >= 4 is 11.7 Å². The molecule has 0 bridgehead atoms. The third-order valence-electron chi connectivity index (χ3n) is 6.15. The Balaban J connectivity index is 1.39. The summed E-state index contributed by atoms with van der Waals surface area (Å²) in [6, 6.07) is 20.1. The molecule has 1 aliphatic heterocycles. The van der Waals surface area contributed by atoms with Gasteiger partial charge in [0.2, 0.25) is 0 Å². The van der Waals surface area contributed by atoms with Crippen LogP contribution < -0.4 is 15.8 Å². The first-order chi connectivity index (χ1) is 15.5. The van der Waals surface area contributed by atoms with Gasteiger partial charge in [-0.05, 0) is 53.6 Å². The number of carboxylic acids is 1. The number of aromatic nitrogens is 1. The molecule has 0 radical (unpaired) electrons. The summed E-state index contributed by atoms with van der Waals surface area (Å²) in [6.45, 7) is 5.89. The molecule has 3 aromatic rings. The number of nitrogens with one attached hydrogen (secondary N) is 2. The van der Waals surface area contributed by atoms with Crippen molar-refractivity contribution in [3.63, 3.8) is 0 Å². The molecular formula is C26H29N3O3. The lowest BCUT2D eigenvalue weighted by atomic mass is 10.0. The van der Waals surface area contributed by atoms with Crippen molar-refractivity contribution in [3.05, 3.63) is 87.7 Å². The first-order valence-electron chi connectivity index (χ1n) is 11.1. The molecule has 4 rings (SSSR count). The summed E-state index contributed by atoms with van der Waals surface area (Å²) < 4.78 is 0. The second-order valence-electron chi connectivity index (χ2n) is 8.34. The molecule has 32 heavy (non-hydrogen) atoms. The topological polar surface area (TPSA) is 85.4 Å². The third kappa shape index (κ3) is 4.92. The Kier molecular flexibility index (Phi) is 6.71. The minimum atomic E-state index is -1.20. The summed E-state index contributed by atoms with van der Waals surface area (Å²) in [4.78, 5) is 28.6. The average molecular weight is 432 g/mol. The van der Waals surface area contributed by atoms with Crippen LogP contribution in [0.25, 0.3) is 11.3 Å². The zero-order valence-electron chi connectivity index (χ0n) is 18.3. The van der Waals surface area contributed by atoms with Crippen LogP contribution in [0.5, 0.6) is 0 Å². The van der Waals surface area contributed by atoms with Crippen molar-refractivity contribution in [1.82, 2.24) is 10.3 Å². The molecule has 1 saturated heterocycles. The van der Waals surface area contributed by atoms with Gasteiger partial charge in [0.25, 0.3) is 5.56 Å². The molecule has 1 aliphatic rings. The molecule has 1 aromatic heterocycles. The largest absolute Gasteiger partial charge is 0.477 e. The van der Waals surface area contributed by atoms with Gasteiger partial charge in [0.05, 0.1) is 5.69 Å². The van der Waals surface area contributed by atoms with E-state index in [-0.39, 0.29) is 5.56 Å². The molecule has 1 atom stereocenters. The van der Waals surface area contributed by atoms with Gasteiger partial charge in [-0.15, -0.1) is 0 Å². The van der Waals surface area contributed by atoms with Crippen LogP contribution in [0, 0.1) is 5.92 Å². The third-order valence-corrected chi connectivity index (χ3v) is 6.15. The highest BCUT2D eigenvalue weighted by Crippen LogP contribution is 2.28. The molecule has 1 unspecified atom stereocenters. The molecule has 2 heterocycles. The fourth-order valence-corrected chi connectivity index (χ4v) is 4.36. The molecule has 0 aliphatic carbocycles. The van der Waals surface area contributed by atoms with Crippen LogP contribution in [0.15, 0.2) is 65.5 Å². The summed E-state index contributed by atoms with van der Waals surface area (Å²) in [6.07, 6.45) is 1.80. The monoisotopic (exact) mass is 431 g/mol. The van der Waals surface area contributed by atoms with Crippen LogP contribution >= 0.6 is 0 Å². The van der Waals surface area contributed by atoms with Gasteiger partial charge in [-0.3, -0.25) is 4.79 Å². The summed E-state index contributed by atoms with van der Waals surface area (Å²) in [5, 5.41) is 12.8. The Labute approximate surface area is 187 Å². The molecule has 6 heteroatoms. The number of pyridine rings is 1. The van der Waals surface area contributed by atoms with E-state index in [4.69, 9.17) is 0 Å². The smallest absolute Gasteiger partial charge is 0.341 e. The standard InChI is InChI=1S/C26H29N3O3/c1-2-20-14-23(26(31)32)25(30)28-24(20)21-8-10-22(11-9-21)29-13-12-19(17-29)16-27-15-18-6-4-3-5-7-18/h3-11,14,19,27H,2,12-13,15-17H2,1H3,(H,28,30)(H,31,32). The average Bonchev–Trinajstić information content (AvgIpc) is 3.28. The molecule has 166 valence electrons. The zero-order chi connectivity index (χ0) is 22.5.